The van der Waals surface area contributed by atoms with E-state index in [9.17, 15) is 9.59 Å². The lowest BCUT2D eigenvalue weighted by Crippen LogP contribution is -2.27. The van der Waals surface area contributed by atoms with Crippen LogP contribution < -0.4 is 5.32 Å². The number of thiophene rings is 1. The van der Waals surface area contributed by atoms with Crippen molar-refractivity contribution in [3.63, 3.8) is 0 Å². The summed E-state index contributed by atoms with van der Waals surface area (Å²) in [6.45, 7) is 7.49. The maximum Gasteiger partial charge on any atom is 0.259 e. The van der Waals surface area contributed by atoms with Gasteiger partial charge in [0.25, 0.3) is 17.5 Å². The highest BCUT2D eigenvalue weighted by molar-refractivity contribution is 7.12. The van der Waals surface area contributed by atoms with Crippen LogP contribution in [0, 0.1) is 20.8 Å². The van der Waals surface area contributed by atoms with Crippen LogP contribution in [-0.4, -0.2) is 39.9 Å². The number of likely N-dealkylation sites (tertiary alicyclic amines) is 1. The van der Waals surface area contributed by atoms with Gasteiger partial charge in [0, 0.05) is 39.7 Å². The van der Waals surface area contributed by atoms with Gasteiger partial charge in [0.15, 0.2) is 0 Å². The van der Waals surface area contributed by atoms with Crippen molar-refractivity contribution in [1.29, 1.82) is 0 Å². The monoisotopic (exact) mass is 460 g/mol. The van der Waals surface area contributed by atoms with E-state index in [1.807, 2.05) is 18.7 Å². The van der Waals surface area contributed by atoms with Crippen LogP contribution in [0.15, 0.2) is 40.9 Å². The van der Waals surface area contributed by atoms with Gasteiger partial charge in [0.1, 0.15) is 0 Å². The first kappa shape index (κ1) is 21.3. The Morgan fingerprint density at radius 2 is 1.79 bits per heavy atom. The lowest BCUT2D eigenvalue weighted by atomic mass is 10.1. The Morgan fingerprint density at radius 3 is 2.45 bits per heavy atom. The van der Waals surface area contributed by atoms with Gasteiger partial charge in [-0.2, -0.15) is 0 Å². The summed E-state index contributed by atoms with van der Waals surface area (Å²) >= 11 is 1.69. The highest BCUT2D eigenvalue weighted by Crippen LogP contribution is 2.33. The Morgan fingerprint density at radius 1 is 1.06 bits per heavy atom. The topological polar surface area (TPSA) is 88.3 Å². The van der Waals surface area contributed by atoms with E-state index >= 15 is 0 Å². The van der Waals surface area contributed by atoms with E-state index in [4.69, 9.17) is 4.52 Å². The summed E-state index contributed by atoms with van der Waals surface area (Å²) in [5.74, 6) is -0.245. The lowest BCUT2D eigenvalue weighted by Gasteiger charge is -2.15. The number of carbonyl (C=O) groups excluding carboxylic acids is 2. The number of anilines is 1. The first-order valence-electron chi connectivity index (χ1n) is 11.0. The molecule has 1 aliphatic heterocycles. The van der Waals surface area contributed by atoms with Crippen LogP contribution in [0.3, 0.4) is 0 Å². The van der Waals surface area contributed by atoms with E-state index in [1.165, 1.54) is 4.88 Å². The molecule has 2 amide bonds. The molecular weight excluding hydrogens is 436 g/mol. The highest BCUT2D eigenvalue weighted by Gasteiger charge is 2.22. The molecule has 1 N–H and O–H groups in total. The molecule has 0 radical (unpaired) electrons. The second kappa shape index (κ2) is 8.44. The van der Waals surface area contributed by atoms with Crippen LogP contribution in [-0.2, 0) is 0 Å². The Labute approximate surface area is 195 Å². The summed E-state index contributed by atoms with van der Waals surface area (Å²) in [6, 6.07) is 10.9. The smallest absolute Gasteiger partial charge is 0.259 e. The molecule has 7 nitrogen and oxygen atoms in total. The number of nitrogens with zero attached hydrogens (tertiary/aromatic N) is 3. The zero-order chi connectivity index (χ0) is 23.1. The van der Waals surface area contributed by atoms with Gasteiger partial charge in [0.05, 0.1) is 22.3 Å². The lowest BCUT2D eigenvalue weighted by molar-refractivity contribution is 0.0792. The second-order valence-electron chi connectivity index (χ2n) is 8.36. The second-order valence-corrected chi connectivity index (χ2v) is 9.82. The highest BCUT2D eigenvalue weighted by atomic mass is 32.1. The molecule has 0 saturated carbocycles. The third-order valence-electron chi connectivity index (χ3n) is 5.96. The van der Waals surface area contributed by atoms with Crippen LogP contribution in [0.4, 0.5) is 5.69 Å². The van der Waals surface area contributed by atoms with E-state index in [1.54, 1.807) is 48.6 Å². The van der Waals surface area contributed by atoms with Gasteiger partial charge >= 0.3 is 0 Å². The van der Waals surface area contributed by atoms with E-state index in [0.29, 0.717) is 39.3 Å². The number of aryl methyl sites for hydroxylation is 3. The zero-order valence-electron chi connectivity index (χ0n) is 18.8. The SMILES string of the molecule is Cc1cc(-c2cc(C(=O)Nc3ccc(C(=O)N4CCCC4)cc3)c3c(C)noc3n2)c(C)s1. The van der Waals surface area contributed by atoms with Crippen molar-refractivity contribution in [2.75, 3.05) is 18.4 Å². The molecule has 1 aromatic carbocycles. The number of hydrogen-bond donors (Lipinski definition) is 1. The molecule has 5 rings (SSSR count). The average molecular weight is 461 g/mol. The molecular formula is C25H24N4O3S. The van der Waals surface area contributed by atoms with Crippen LogP contribution >= 0.6 is 11.3 Å². The summed E-state index contributed by atoms with van der Waals surface area (Å²) in [4.78, 5) is 34.7. The third kappa shape index (κ3) is 4.02. The number of nitrogens with one attached hydrogen (secondary N) is 1. The molecule has 3 aromatic heterocycles. The van der Waals surface area contributed by atoms with Crippen molar-refractivity contribution in [3.05, 3.63) is 63.0 Å². The Hall–Kier alpha value is -3.52. The minimum atomic E-state index is -0.279. The fourth-order valence-corrected chi connectivity index (χ4v) is 5.23. The van der Waals surface area contributed by atoms with Crippen molar-refractivity contribution in [2.24, 2.45) is 0 Å². The number of carbonyl (C=O) groups is 2. The maximum atomic E-state index is 13.3. The number of pyridine rings is 1. The first-order valence-corrected chi connectivity index (χ1v) is 11.8. The van der Waals surface area contributed by atoms with Crippen molar-refractivity contribution in [2.45, 2.75) is 33.6 Å². The van der Waals surface area contributed by atoms with Crippen LogP contribution in [0.1, 0.15) is 49.0 Å². The van der Waals surface area contributed by atoms with Gasteiger partial charge in [-0.3, -0.25) is 9.59 Å². The van der Waals surface area contributed by atoms with Gasteiger partial charge in [-0.15, -0.1) is 11.3 Å². The van der Waals surface area contributed by atoms with Gasteiger partial charge in [-0.25, -0.2) is 4.98 Å². The van der Waals surface area contributed by atoms with Crippen LogP contribution in [0.5, 0.6) is 0 Å². The molecule has 0 aliphatic carbocycles. The number of fused-ring (bicyclic) bond motifs is 1. The Bertz CT molecular complexity index is 1360. The Balaban J connectivity index is 1.45. The molecule has 33 heavy (non-hydrogen) atoms. The molecule has 4 aromatic rings. The van der Waals surface area contributed by atoms with Crippen LogP contribution in [0.2, 0.25) is 0 Å². The number of aromatic nitrogens is 2. The third-order valence-corrected chi connectivity index (χ3v) is 6.93. The molecule has 1 fully saturated rings. The largest absolute Gasteiger partial charge is 0.339 e. The predicted molar refractivity (Wildman–Crippen MR) is 129 cm³/mol. The summed E-state index contributed by atoms with van der Waals surface area (Å²) in [5, 5.41) is 7.56. The number of rotatable bonds is 4. The molecule has 0 spiro atoms. The average Bonchev–Trinajstić information content (AvgIpc) is 3.54. The van der Waals surface area contributed by atoms with Crippen molar-refractivity contribution >= 4 is 39.9 Å². The maximum absolute atomic E-state index is 13.3. The molecule has 4 heterocycles. The molecule has 1 aliphatic rings. The van der Waals surface area contributed by atoms with Crippen LogP contribution in [0.25, 0.3) is 22.4 Å². The van der Waals surface area contributed by atoms with E-state index in [-0.39, 0.29) is 11.8 Å². The normalized spacial score (nSPS) is 13.6. The summed E-state index contributed by atoms with van der Waals surface area (Å²) in [5.41, 5.74) is 4.30. The van der Waals surface area contributed by atoms with E-state index in [0.717, 1.165) is 36.4 Å². The predicted octanol–water partition coefficient (Wildman–Crippen LogP) is 5.36. The first-order chi connectivity index (χ1) is 15.9. The van der Waals surface area contributed by atoms with E-state index in [2.05, 4.69) is 21.5 Å². The molecule has 168 valence electrons. The molecule has 1 saturated heterocycles. The fraction of sp³-hybridized carbons (Fsp3) is 0.280. The number of hydrogen-bond acceptors (Lipinski definition) is 6. The summed E-state index contributed by atoms with van der Waals surface area (Å²) < 4.78 is 5.41. The fourth-order valence-electron chi connectivity index (χ4n) is 4.29. The number of benzene rings is 1. The molecule has 0 atom stereocenters. The summed E-state index contributed by atoms with van der Waals surface area (Å²) in [7, 11) is 0. The van der Waals surface area contributed by atoms with Gasteiger partial charge in [0.2, 0.25) is 0 Å². The minimum Gasteiger partial charge on any atom is -0.339 e. The Kier molecular flexibility index (Phi) is 5.46. The van der Waals surface area contributed by atoms with Crippen molar-refractivity contribution in [1.82, 2.24) is 15.0 Å². The van der Waals surface area contributed by atoms with Gasteiger partial charge in [-0.1, -0.05) is 5.16 Å². The van der Waals surface area contributed by atoms with Crippen molar-refractivity contribution in [3.8, 4) is 11.3 Å². The van der Waals surface area contributed by atoms with E-state index < -0.39 is 0 Å². The molecule has 8 heteroatoms. The standard InChI is InChI=1S/C25H24N4O3S/c1-14-12-19(16(3)33-14)21-13-20(22-15(2)28-32-24(22)27-21)23(30)26-18-8-6-17(7-9-18)25(31)29-10-4-5-11-29/h6-9,12-13H,4-5,10-11H2,1-3H3,(H,26,30). The molecule has 0 unspecified atom stereocenters. The minimum absolute atomic E-state index is 0.0346. The molecule has 0 bridgehead atoms. The van der Waals surface area contributed by atoms with Gasteiger partial charge in [-0.05, 0) is 70.0 Å². The van der Waals surface area contributed by atoms with Gasteiger partial charge < -0.3 is 14.7 Å². The number of amides is 2. The zero-order valence-corrected chi connectivity index (χ0v) is 19.6. The quantitative estimate of drug-likeness (QED) is 0.443. The van der Waals surface area contributed by atoms with Crippen molar-refractivity contribution < 1.29 is 14.1 Å². The summed E-state index contributed by atoms with van der Waals surface area (Å²) in [6.07, 6.45) is 2.10.